The number of fused-ring (bicyclic) bond motifs is 1. The Morgan fingerprint density at radius 3 is 2.96 bits per heavy atom. The SMILES string of the molecule is CC1=C(C(=O)NC[C@H]2CCc3nc(C(F)(F)F)cn3C2)CCCO1. The number of carbonyl (C=O) groups is 1. The van der Waals surface area contributed by atoms with Gasteiger partial charge in [0.05, 0.1) is 12.2 Å². The van der Waals surface area contributed by atoms with Crippen LogP contribution in [0.5, 0.6) is 0 Å². The minimum Gasteiger partial charge on any atom is -0.498 e. The van der Waals surface area contributed by atoms with Gasteiger partial charge in [0.1, 0.15) is 11.6 Å². The molecule has 0 unspecified atom stereocenters. The summed E-state index contributed by atoms with van der Waals surface area (Å²) >= 11 is 0. The third-order valence-electron chi connectivity index (χ3n) is 4.52. The van der Waals surface area contributed by atoms with Gasteiger partial charge in [-0.2, -0.15) is 13.2 Å². The highest BCUT2D eigenvalue weighted by molar-refractivity contribution is 5.93. The average Bonchev–Trinajstić information content (AvgIpc) is 2.96. The summed E-state index contributed by atoms with van der Waals surface area (Å²) in [7, 11) is 0. The monoisotopic (exact) mass is 343 g/mol. The van der Waals surface area contributed by atoms with Crippen molar-refractivity contribution in [1.82, 2.24) is 14.9 Å². The molecule has 0 bridgehead atoms. The van der Waals surface area contributed by atoms with Gasteiger partial charge in [-0.3, -0.25) is 4.79 Å². The normalized spacial score (nSPS) is 21.2. The van der Waals surface area contributed by atoms with Gasteiger partial charge in [0.25, 0.3) is 5.91 Å². The molecule has 0 saturated carbocycles. The number of imidazole rings is 1. The number of halogens is 3. The van der Waals surface area contributed by atoms with Gasteiger partial charge in [0.2, 0.25) is 0 Å². The van der Waals surface area contributed by atoms with Crippen molar-refractivity contribution in [2.75, 3.05) is 13.2 Å². The molecule has 0 radical (unpaired) electrons. The molecule has 0 aromatic carbocycles. The van der Waals surface area contributed by atoms with Crippen LogP contribution in [0.2, 0.25) is 0 Å². The largest absolute Gasteiger partial charge is 0.498 e. The molecule has 2 aliphatic heterocycles. The quantitative estimate of drug-likeness (QED) is 0.918. The van der Waals surface area contributed by atoms with E-state index in [1.54, 1.807) is 11.5 Å². The first-order chi connectivity index (χ1) is 11.3. The van der Waals surface area contributed by atoms with E-state index in [4.69, 9.17) is 4.74 Å². The zero-order valence-electron chi connectivity index (χ0n) is 13.4. The van der Waals surface area contributed by atoms with E-state index in [1.807, 2.05) is 0 Å². The number of hydrogen-bond acceptors (Lipinski definition) is 3. The number of aromatic nitrogens is 2. The summed E-state index contributed by atoms with van der Waals surface area (Å²) in [6.45, 7) is 3.29. The number of rotatable bonds is 3. The van der Waals surface area contributed by atoms with E-state index < -0.39 is 11.9 Å². The summed E-state index contributed by atoms with van der Waals surface area (Å²) < 4.78 is 45.1. The lowest BCUT2D eigenvalue weighted by Gasteiger charge is -2.25. The summed E-state index contributed by atoms with van der Waals surface area (Å²) in [5.41, 5.74) is -0.179. The Morgan fingerprint density at radius 2 is 2.25 bits per heavy atom. The van der Waals surface area contributed by atoms with Crippen LogP contribution in [0.25, 0.3) is 0 Å². The second kappa shape index (κ2) is 6.49. The highest BCUT2D eigenvalue weighted by Gasteiger charge is 2.35. The van der Waals surface area contributed by atoms with Gasteiger partial charge in [0, 0.05) is 25.7 Å². The van der Waals surface area contributed by atoms with Crippen LogP contribution in [0, 0.1) is 5.92 Å². The van der Waals surface area contributed by atoms with Crippen molar-refractivity contribution in [2.24, 2.45) is 5.92 Å². The number of alkyl halides is 3. The molecule has 2 aliphatic rings. The van der Waals surface area contributed by atoms with Crippen LogP contribution in [0.15, 0.2) is 17.5 Å². The lowest BCUT2D eigenvalue weighted by molar-refractivity contribution is -0.141. The van der Waals surface area contributed by atoms with Gasteiger partial charge in [-0.15, -0.1) is 0 Å². The zero-order valence-corrected chi connectivity index (χ0v) is 13.4. The van der Waals surface area contributed by atoms with E-state index in [0.717, 1.165) is 12.6 Å². The lowest BCUT2D eigenvalue weighted by Crippen LogP contribution is -2.35. The number of carbonyl (C=O) groups excluding carboxylic acids is 1. The van der Waals surface area contributed by atoms with Crippen molar-refractivity contribution in [3.63, 3.8) is 0 Å². The van der Waals surface area contributed by atoms with E-state index in [1.165, 1.54) is 0 Å². The second-order valence-corrected chi connectivity index (χ2v) is 6.29. The fraction of sp³-hybridized carbons (Fsp3) is 0.625. The molecule has 3 rings (SSSR count). The van der Waals surface area contributed by atoms with Gasteiger partial charge in [-0.05, 0) is 32.1 Å². The van der Waals surface area contributed by atoms with E-state index in [2.05, 4.69) is 10.3 Å². The average molecular weight is 343 g/mol. The molecule has 1 aromatic heterocycles. The molecule has 1 aromatic rings. The van der Waals surface area contributed by atoms with Gasteiger partial charge < -0.3 is 14.6 Å². The summed E-state index contributed by atoms with van der Waals surface area (Å²) in [6.07, 6.45) is -0.639. The summed E-state index contributed by atoms with van der Waals surface area (Å²) in [5.74, 6) is 1.08. The lowest BCUT2D eigenvalue weighted by atomic mass is 9.99. The molecular formula is C16H20F3N3O2. The Hall–Kier alpha value is -1.99. The van der Waals surface area contributed by atoms with Gasteiger partial charge in [0.15, 0.2) is 5.69 Å². The molecule has 1 atom stereocenters. The van der Waals surface area contributed by atoms with Gasteiger partial charge in [-0.25, -0.2) is 4.98 Å². The minimum atomic E-state index is -4.42. The topological polar surface area (TPSA) is 56.2 Å². The molecule has 0 aliphatic carbocycles. The number of nitrogens with one attached hydrogen (secondary N) is 1. The van der Waals surface area contributed by atoms with E-state index in [-0.39, 0.29) is 11.8 Å². The first-order valence-corrected chi connectivity index (χ1v) is 8.08. The highest BCUT2D eigenvalue weighted by atomic mass is 19.4. The van der Waals surface area contributed by atoms with Crippen LogP contribution in [0.1, 0.15) is 37.7 Å². The maximum atomic E-state index is 12.7. The first kappa shape index (κ1) is 16.9. The van der Waals surface area contributed by atoms with E-state index in [0.29, 0.717) is 56.1 Å². The Kier molecular flexibility index (Phi) is 4.56. The molecule has 5 nitrogen and oxygen atoms in total. The highest BCUT2D eigenvalue weighted by Crippen LogP contribution is 2.30. The molecule has 24 heavy (non-hydrogen) atoms. The fourth-order valence-corrected chi connectivity index (χ4v) is 3.17. The molecule has 0 spiro atoms. The fourth-order valence-electron chi connectivity index (χ4n) is 3.17. The third-order valence-corrected chi connectivity index (χ3v) is 4.52. The first-order valence-electron chi connectivity index (χ1n) is 8.08. The van der Waals surface area contributed by atoms with Crippen molar-refractivity contribution in [3.05, 3.63) is 29.0 Å². The van der Waals surface area contributed by atoms with Crippen molar-refractivity contribution in [3.8, 4) is 0 Å². The van der Waals surface area contributed by atoms with Gasteiger partial charge in [-0.1, -0.05) is 0 Å². The number of amides is 1. The van der Waals surface area contributed by atoms with Crippen LogP contribution in [-0.2, 0) is 28.7 Å². The number of nitrogens with zero attached hydrogens (tertiary/aromatic N) is 2. The molecule has 0 saturated heterocycles. The molecule has 1 amide bonds. The molecule has 3 heterocycles. The minimum absolute atomic E-state index is 0.0992. The van der Waals surface area contributed by atoms with Crippen LogP contribution in [0.4, 0.5) is 13.2 Å². The second-order valence-electron chi connectivity index (χ2n) is 6.29. The zero-order chi connectivity index (χ0) is 17.3. The van der Waals surface area contributed by atoms with Crippen LogP contribution < -0.4 is 5.32 Å². The Bertz CT molecular complexity index is 664. The van der Waals surface area contributed by atoms with Crippen LogP contribution >= 0.6 is 0 Å². The molecule has 8 heteroatoms. The van der Waals surface area contributed by atoms with E-state index in [9.17, 15) is 18.0 Å². The van der Waals surface area contributed by atoms with E-state index >= 15 is 0 Å². The Labute approximate surface area is 137 Å². The maximum absolute atomic E-state index is 12.7. The summed E-state index contributed by atoms with van der Waals surface area (Å²) in [5, 5.41) is 2.89. The number of aryl methyl sites for hydroxylation is 1. The standard InChI is InChI=1S/C16H20F3N3O2/c1-10-12(3-2-6-24-10)15(23)20-7-11-4-5-14-21-13(16(17,18)19)9-22(14)8-11/h9,11H,2-8H2,1H3,(H,20,23)/t11-/m1/s1. The molecule has 1 N–H and O–H groups in total. The smallest absolute Gasteiger partial charge is 0.434 e. The van der Waals surface area contributed by atoms with Gasteiger partial charge >= 0.3 is 6.18 Å². The van der Waals surface area contributed by atoms with Crippen molar-refractivity contribution < 1.29 is 22.7 Å². The number of hydrogen-bond donors (Lipinski definition) is 1. The third kappa shape index (κ3) is 3.57. The van der Waals surface area contributed by atoms with Crippen molar-refractivity contribution in [2.45, 2.75) is 45.3 Å². The predicted molar refractivity (Wildman–Crippen MR) is 79.9 cm³/mol. The molecule has 132 valence electrons. The molecule has 0 fully saturated rings. The number of ether oxygens (including phenoxy) is 1. The summed E-state index contributed by atoms with van der Waals surface area (Å²) in [4.78, 5) is 15.9. The Balaban J connectivity index is 1.58. The van der Waals surface area contributed by atoms with Crippen LogP contribution in [0.3, 0.4) is 0 Å². The predicted octanol–water partition coefficient (Wildman–Crippen LogP) is 2.66. The maximum Gasteiger partial charge on any atom is 0.434 e. The van der Waals surface area contributed by atoms with Crippen molar-refractivity contribution in [1.29, 1.82) is 0 Å². The Morgan fingerprint density at radius 1 is 1.46 bits per heavy atom. The van der Waals surface area contributed by atoms with Crippen LogP contribution in [-0.4, -0.2) is 28.6 Å². The summed E-state index contributed by atoms with van der Waals surface area (Å²) in [6, 6.07) is 0. The molecular weight excluding hydrogens is 323 g/mol. The number of allylic oxidation sites excluding steroid dienone is 1. The van der Waals surface area contributed by atoms with Crippen molar-refractivity contribution >= 4 is 5.91 Å².